The first kappa shape index (κ1) is 10.3. The van der Waals surface area contributed by atoms with Crippen LogP contribution in [0.3, 0.4) is 0 Å². The van der Waals surface area contributed by atoms with E-state index in [4.69, 9.17) is 9.68 Å². The Kier molecular flexibility index (Phi) is 3.29. The van der Waals surface area contributed by atoms with Crippen molar-refractivity contribution in [1.29, 1.82) is 5.26 Å². The number of carbonyl (C=O) groups excluding carboxylic acids is 1. The van der Waals surface area contributed by atoms with Crippen LogP contribution < -0.4 is 5.32 Å². The van der Waals surface area contributed by atoms with Crippen molar-refractivity contribution in [1.82, 2.24) is 5.32 Å². The van der Waals surface area contributed by atoms with Crippen molar-refractivity contribution in [3.63, 3.8) is 0 Å². The highest BCUT2D eigenvalue weighted by atomic mass is 16.3. The van der Waals surface area contributed by atoms with Gasteiger partial charge in [-0.25, -0.2) is 0 Å². The molecule has 1 aromatic rings. The maximum absolute atomic E-state index is 11.5. The van der Waals surface area contributed by atoms with Gasteiger partial charge in [-0.15, -0.1) is 0 Å². The quantitative estimate of drug-likeness (QED) is 0.791. The summed E-state index contributed by atoms with van der Waals surface area (Å²) in [5.74, 6) is 0.0463. The van der Waals surface area contributed by atoms with E-state index in [-0.39, 0.29) is 11.9 Å². The van der Waals surface area contributed by atoms with Crippen molar-refractivity contribution in [3.8, 4) is 6.07 Å². The van der Waals surface area contributed by atoms with Crippen LogP contribution in [0, 0.1) is 18.3 Å². The largest absolute Gasteiger partial charge is 0.459 e. The maximum atomic E-state index is 11.5. The Morgan fingerprint density at radius 2 is 2.50 bits per heavy atom. The van der Waals surface area contributed by atoms with E-state index < -0.39 is 0 Å². The topological polar surface area (TPSA) is 66.0 Å². The molecular formula is C10H12N2O2. The molecule has 14 heavy (non-hydrogen) atoms. The van der Waals surface area contributed by atoms with Crippen molar-refractivity contribution in [2.24, 2.45) is 0 Å². The minimum absolute atomic E-state index is 0.156. The van der Waals surface area contributed by atoms with Crippen molar-refractivity contribution in [2.75, 3.05) is 0 Å². The summed E-state index contributed by atoms with van der Waals surface area (Å²) in [5.41, 5.74) is 0.798. The fourth-order valence-corrected chi connectivity index (χ4v) is 1.08. The lowest BCUT2D eigenvalue weighted by Gasteiger charge is -2.08. The monoisotopic (exact) mass is 192 g/mol. The number of amides is 1. The number of furan rings is 1. The second-order valence-corrected chi connectivity index (χ2v) is 3.17. The molecule has 1 aromatic heterocycles. The van der Waals surface area contributed by atoms with Gasteiger partial charge in [0.2, 0.25) is 0 Å². The summed E-state index contributed by atoms with van der Waals surface area (Å²) in [6.45, 7) is 3.58. The molecule has 0 radical (unpaired) electrons. The minimum atomic E-state index is -0.268. The van der Waals surface area contributed by atoms with Gasteiger partial charge in [-0.05, 0) is 19.9 Å². The summed E-state index contributed by atoms with van der Waals surface area (Å²) in [7, 11) is 0. The third kappa shape index (κ3) is 2.36. The first-order chi connectivity index (χ1) is 6.65. The Labute approximate surface area is 82.5 Å². The van der Waals surface area contributed by atoms with Crippen LogP contribution in [0.5, 0.6) is 0 Å². The summed E-state index contributed by atoms with van der Waals surface area (Å²) in [5, 5.41) is 11.1. The predicted octanol–water partition coefficient (Wildman–Crippen LogP) is 1.62. The standard InChI is InChI=1S/C10H12N2O2/c1-7-4-6-14-9(7)10(13)12-8(2)3-5-11/h4,6,8H,3H2,1-2H3,(H,12,13). The molecule has 0 saturated heterocycles. The number of nitriles is 1. The summed E-state index contributed by atoms with van der Waals surface area (Å²) < 4.78 is 5.01. The molecule has 4 heteroatoms. The Balaban J connectivity index is 2.60. The number of hydrogen-bond acceptors (Lipinski definition) is 3. The summed E-state index contributed by atoms with van der Waals surface area (Å²) in [6.07, 6.45) is 1.77. The molecule has 4 nitrogen and oxygen atoms in total. The number of aryl methyl sites for hydroxylation is 1. The lowest BCUT2D eigenvalue weighted by atomic mass is 10.2. The molecule has 0 aliphatic carbocycles. The van der Waals surface area contributed by atoms with Gasteiger partial charge in [0.1, 0.15) is 0 Å². The molecule has 0 aliphatic heterocycles. The smallest absolute Gasteiger partial charge is 0.287 e. The zero-order valence-electron chi connectivity index (χ0n) is 8.20. The highest BCUT2D eigenvalue weighted by molar-refractivity contribution is 5.92. The van der Waals surface area contributed by atoms with Crippen molar-refractivity contribution >= 4 is 5.91 Å². The molecule has 1 rings (SSSR count). The van der Waals surface area contributed by atoms with Gasteiger partial charge in [-0.2, -0.15) is 5.26 Å². The number of nitrogens with one attached hydrogen (secondary N) is 1. The summed E-state index contributed by atoms with van der Waals surface area (Å²) >= 11 is 0. The van der Waals surface area contributed by atoms with Gasteiger partial charge in [0, 0.05) is 11.6 Å². The van der Waals surface area contributed by atoms with E-state index in [1.807, 2.05) is 6.07 Å². The third-order valence-electron chi connectivity index (χ3n) is 1.84. The number of hydrogen-bond donors (Lipinski definition) is 1. The lowest BCUT2D eigenvalue weighted by Crippen LogP contribution is -2.32. The van der Waals surface area contributed by atoms with Gasteiger partial charge in [-0.3, -0.25) is 4.79 Å². The van der Waals surface area contributed by atoms with Crippen LogP contribution in [0.15, 0.2) is 16.7 Å². The van der Waals surface area contributed by atoms with E-state index in [2.05, 4.69) is 5.32 Å². The molecule has 0 fully saturated rings. The van der Waals surface area contributed by atoms with Gasteiger partial charge < -0.3 is 9.73 Å². The van der Waals surface area contributed by atoms with Crippen LogP contribution in [-0.4, -0.2) is 11.9 Å². The minimum Gasteiger partial charge on any atom is -0.459 e. The summed E-state index contributed by atoms with van der Waals surface area (Å²) in [6, 6.07) is 3.56. The van der Waals surface area contributed by atoms with E-state index >= 15 is 0 Å². The molecule has 0 spiro atoms. The van der Waals surface area contributed by atoms with E-state index in [1.54, 1.807) is 19.9 Å². The zero-order valence-corrected chi connectivity index (χ0v) is 8.20. The third-order valence-corrected chi connectivity index (χ3v) is 1.84. The van der Waals surface area contributed by atoms with Crippen LogP contribution in [0.25, 0.3) is 0 Å². The molecule has 1 atom stereocenters. The van der Waals surface area contributed by atoms with E-state index in [1.165, 1.54) is 6.26 Å². The van der Waals surface area contributed by atoms with E-state index in [0.717, 1.165) is 5.56 Å². The van der Waals surface area contributed by atoms with Crippen LogP contribution in [0.4, 0.5) is 0 Å². The molecular weight excluding hydrogens is 180 g/mol. The van der Waals surface area contributed by atoms with Crippen LogP contribution in [-0.2, 0) is 0 Å². The molecule has 0 saturated carbocycles. The van der Waals surface area contributed by atoms with Crippen molar-refractivity contribution in [3.05, 3.63) is 23.7 Å². The Hall–Kier alpha value is -1.76. The second-order valence-electron chi connectivity index (χ2n) is 3.17. The number of carbonyl (C=O) groups is 1. The number of nitrogens with zero attached hydrogens (tertiary/aromatic N) is 1. The molecule has 1 N–H and O–H groups in total. The maximum Gasteiger partial charge on any atom is 0.287 e. The van der Waals surface area contributed by atoms with Crippen LogP contribution in [0.2, 0.25) is 0 Å². The Morgan fingerprint density at radius 3 is 3.00 bits per heavy atom. The van der Waals surface area contributed by atoms with Crippen LogP contribution >= 0.6 is 0 Å². The molecule has 1 heterocycles. The van der Waals surface area contributed by atoms with E-state index in [0.29, 0.717) is 12.2 Å². The SMILES string of the molecule is Cc1ccoc1C(=O)NC(C)CC#N. The van der Waals surface area contributed by atoms with Crippen molar-refractivity contribution < 1.29 is 9.21 Å². The van der Waals surface area contributed by atoms with E-state index in [9.17, 15) is 4.79 Å². The molecule has 74 valence electrons. The molecule has 0 bridgehead atoms. The average Bonchev–Trinajstić information content (AvgIpc) is 2.51. The lowest BCUT2D eigenvalue weighted by molar-refractivity contribution is 0.0912. The van der Waals surface area contributed by atoms with Gasteiger partial charge in [0.25, 0.3) is 5.91 Å². The molecule has 0 aromatic carbocycles. The van der Waals surface area contributed by atoms with Gasteiger partial charge in [0.15, 0.2) is 5.76 Å². The molecule has 1 unspecified atom stereocenters. The highest BCUT2D eigenvalue weighted by Crippen LogP contribution is 2.08. The zero-order chi connectivity index (χ0) is 10.6. The van der Waals surface area contributed by atoms with Gasteiger partial charge >= 0.3 is 0 Å². The first-order valence-electron chi connectivity index (χ1n) is 4.37. The Morgan fingerprint density at radius 1 is 1.79 bits per heavy atom. The number of rotatable bonds is 3. The van der Waals surface area contributed by atoms with Gasteiger partial charge in [0.05, 0.1) is 18.8 Å². The fourth-order valence-electron chi connectivity index (χ4n) is 1.08. The normalized spacial score (nSPS) is 11.8. The van der Waals surface area contributed by atoms with Crippen molar-refractivity contribution in [2.45, 2.75) is 26.3 Å². The molecule has 0 aliphatic rings. The van der Waals surface area contributed by atoms with Gasteiger partial charge in [-0.1, -0.05) is 0 Å². The molecule has 1 amide bonds. The second kappa shape index (κ2) is 4.47. The highest BCUT2D eigenvalue weighted by Gasteiger charge is 2.14. The van der Waals surface area contributed by atoms with Crippen LogP contribution in [0.1, 0.15) is 29.5 Å². The first-order valence-corrected chi connectivity index (χ1v) is 4.37. The summed E-state index contributed by atoms with van der Waals surface area (Å²) in [4.78, 5) is 11.5. The fraction of sp³-hybridized carbons (Fsp3) is 0.400. The average molecular weight is 192 g/mol. The Bertz CT molecular complexity index is 362. The predicted molar refractivity (Wildman–Crippen MR) is 50.6 cm³/mol.